The second-order valence-electron chi connectivity index (χ2n) is 6.72. The van der Waals surface area contributed by atoms with E-state index >= 15 is 0 Å². The van der Waals surface area contributed by atoms with Gasteiger partial charge in [0.2, 0.25) is 0 Å². The number of ether oxygens (including phenoxy) is 2. The van der Waals surface area contributed by atoms with Crippen LogP contribution in [-0.4, -0.2) is 24.3 Å². The quantitative estimate of drug-likeness (QED) is 0.361. The third-order valence-electron chi connectivity index (χ3n) is 4.82. The summed E-state index contributed by atoms with van der Waals surface area (Å²) < 4.78 is 18.9. The zero-order valence-electron chi connectivity index (χ0n) is 17.0. The fraction of sp³-hybridized carbons (Fsp3) is 0.227. The van der Waals surface area contributed by atoms with Gasteiger partial charge in [0.15, 0.2) is 8.57 Å². The third-order valence-corrected chi connectivity index (χ3v) is 6.38. The number of thiazole rings is 1. The number of esters is 1. The average molecular weight is 550 g/mol. The number of fused-ring (bicyclic) bond motifs is 1. The number of hydrogen-bond acceptors (Lipinski definition) is 7. The Morgan fingerprint density at radius 3 is 2.65 bits per heavy atom. The molecule has 0 saturated carbocycles. The molecule has 1 atom stereocenters. The molecule has 1 aliphatic heterocycles. The Morgan fingerprint density at radius 2 is 2.03 bits per heavy atom. The van der Waals surface area contributed by atoms with Crippen molar-refractivity contribution in [2.24, 2.45) is 4.99 Å². The van der Waals surface area contributed by atoms with Crippen molar-refractivity contribution >= 4 is 46.0 Å². The van der Waals surface area contributed by atoms with E-state index in [1.807, 2.05) is 18.2 Å². The summed E-state index contributed by atoms with van der Waals surface area (Å²) in [5.41, 5.74) is 1.39. The summed E-state index contributed by atoms with van der Waals surface area (Å²) in [6.45, 7) is 3.73. The van der Waals surface area contributed by atoms with E-state index in [1.165, 1.54) is 11.3 Å². The van der Waals surface area contributed by atoms with Crippen molar-refractivity contribution in [1.29, 1.82) is 0 Å². The number of hydrogen-bond donors (Lipinski definition) is 0. The molecular weight excluding hydrogens is 531 g/mol. The molecule has 0 saturated heterocycles. The molecule has 1 unspecified atom stereocenters. The highest BCUT2D eigenvalue weighted by atomic mass is 127. The van der Waals surface area contributed by atoms with Gasteiger partial charge in [0, 0.05) is 6.08 Å². The van der Waals surface area contributed by atoms with E-state index < -0.39 is 12.0 Å². The fourth-order valence-electron chi connectivity index (χ4n) is 3.43. The molecule has 0 amide bonds. The summed E-state index contributed by atoms with van der Waals surface area (Å²) in [7, 11) is 1.59. The van der Waals surface area contributed by atoms with Gasteiger partial charge in [0.25, 0.3) is 5.56 Å². The highest BCUT2D eigenvalue weighted by Crippen LogP contribution is 2.31. The molecular formula is C22H19IN2O5S. The third kappa shape index (κ3) is 4.11. The van der Waals surface area contributed by atoms with Crippen LogP contribution in [0, 0.1) is 3.77 Å². The van der Waals surface area contributed by atoms with E-state index in [0.717, 1.165) is 9.33 Å². The lowest BCUT2D eigenvalue weighted by Gasteiger charge is -2.24. The first kappa shape index (κ1) is 21.6. The number of benzene rings is 1. The van der Waals surface area contributed by atoms with Crippen LogP contribution in [0.5, 0.6) is 5.75 Å². The number of halogens is 1. The van der Waals surface area contributed by atoms with Crippen molar-refractivity contribution in [1.82, 2.24) is 4.57 Å². The van der Waals surface area contributed by atoms with Crippen molar-refractivity contribution < 1.29 is 18.7 Å². The second kappa shape index (κ2) is 8.83. The first-order valence-electron chi connectivity index (χ1n) is 9.52. The van der Waals surface area contributed by atoms with Crippen molar-refractivity contribution in [2.75, 3.05) is 13.7 Å². The number of carbonyl (C=O) groups is 1. The zero-order chi connectivity index (χ0) is 22.1. The predicted octanol–water partition coefficient (Wildman–Crippen LogP) is 3.00. The van der Waals surface area contributed by atoms with E-state index in [0.29, 0.717) is 32.1 Å². The van der Waals surface area contributed by atoms with Gasteiger partial charge in [0.1, 0.15) is 11.5 Å². The maximum atomic E-state index is 13.4. The van der Waals surface area contributed by atoms with Crippen LogP contribution in [0.25, 0.3) is 6.08 Å². The molecule has 0 bridgehead atoms. The first-order valence-corrected chi connectivity index (χ1v) is 11.4. The Kier molecular flexibility index (Phi) is 6.15. The number of furan rings is 1. The van der Waals surface area contributed by atoms with E-state index in [2.05, 4.69) is 27.6 Å². The summed E-state index contributed by atoms with van der Waals surface area (Å²) >= 11 is 3.33. The molecule has 0 N–H and O–H groups in total. The van der Waals surface area contributed by atoms with E-state index in [1.54, 1.807) is 49.8 Å². The molecule has 9 heteroatoms. The summed E-state index contributed by atoms with van der Waals surface area (Å²) in [4.78, 5) is 31.3. The Labute approximate surface area is 195 Å². The minimum Gasteiger partial charge on any atom is -0.497 e. The number of methoxy groups -OCH3 is 1. The molecule has 0 fully saturated rings. The highest BCUT2D eigenvalue weighted by molar-refractivity contribution is 14.1. The highest BCUT2D eigenvalue weighted by Gasteiger charge is 2.33. The lowest BCUT2D eigenvalue weighted by Crippen LogP contribution is -2.39. The van der Waals surface area contributed by atoms with E-state index in [-0.39, 0.29) is 12.2 Å². The molecule has 1 aromatic carbocycles. The molecule has 160 valence electrons. The molecule has 0 radical (unpaired) electrons. The van der Waals surface area contributed by atoms with Crippen LogP contribution in [-0.2, 0) is 9.53 Å². The van der Waals surface area contributed by atoms with Crippen molar-refractivity contribution in [3.8, 4) is 5.75 Å². The van der Waals surface area contributed by atoms with Crippen molar-refractivity contribution in [3.63, 3.8) is 0 Å². The van der Waals surface area contributed by atoms with Crippen molar-refractivity contribution in [3.05, 3.63) is 82.4 Å². The van der Waals surface area contributed by atoms with Crippen LogP contribution < -0.4 is 19.6 Å². The largest absolute Gasteiger partial charge is 0.497 e. The molecule has 0 spiro atoms. The predicted molar refractivity (Wildman–Crippen MR) is 125 cm³/mol. The van der Waals surface area contributed by atoms with Crippen molar-refractivity contribution in [2.45, 2.75) is 19.9 Å². The molecule has 7 nitrogen and oxygen atoms in total. The van der Waals surface area contributed by atoms with E-state index in [9.17, 15) is 9.59 Å². The molecule has 4 rings (SSSR count). The average Bonchev–Trinajstić information content (AvgIpc) is 3.30. The Morgan fingerprint density at radius 1 is 1.29 bits per heavy atom. The maximum Gasteiger partial charge on any atom is 0.338 e. The van der Waals surface area contributed by atoms with Gasteiger partial charge in [-0.3, -0.25) is 9.36 Å². The Bertz CT molecular complexity index is 1350. The van der Waals surface area contributed by atoms with Crippen LogP contribution in [0.3, 0.4) is 0 Å². The van der Waals surface area contributed by atoms with Gasteiger partial charge in [-0.25, -0.2) is 9.79 Å². The summed E-state index contributed by atoms with van der Waals surface area (Å²) in [6.07, 6.45) is 1.69. The molecule has 3 heterocycles. The first-order chi connectivity index (χ1) is 14.9. The van der Waals surface area contributed by atoms with Crippen LogP contribution in [0.2, 0.25) is 0 Å². The second-order valence-corrected chi connectivity index (χ2v) is 8.79. The number of nitrogens with zero attached hydrogens (tertiary/aromatic N) is 2. The number of rotatable bonds is 5. The van der Waals surface area contributed by atoms with Gasteiger partial charge in [-0.2, -0.15) is 0 Å². The summed E-state index contributed by atoms with van der Waals surface area (Å²) in [5.74, 6) is 0.776. The molecule has 2 aromatic heterocycles. The van der Waals surface area contributed by atoms with Gasteiger partial charge in [-0.15, -0.1) is 0 Å². The van der Waals surface area contributed by atoms with Crippen LogP contribution in [0.15, 0.2) is 61.9 Å². The lowest BCUT2D eigenvalue weighted by atomic mass is 9.96. The van der Waals surface area contributed by atoms with Gasteiger partial charge < -0.3 is 13.9 Å². The minimum absolute atomic E-state index is 0.229. The summed E-state index contributed by atoms with van der Waals surface area (Å²) in [5, 5.41) is 0. The van der Waals surface area contributed by atoms with Crippen LogP contribution in [0.1, 0.15) is 31.2 Å². The molecule has 31 heavy (non-hydrogen) atoms. The van der Waals surface area contributed by atoms with Crippen LogP contribution in [0.4, 0.5) is 0 Å². The number of aromatic nitrogens is 1. The molecule has 1 aliphatic rings. The monoisotopic (exact) mass is 550 g/mol. The minimum atomic E-state index is -0.653. The molecule has 0 aliphatic carbocycles. The maximum absolute atomic E-state index is 13.4. The van der Waals surface area contributed by atoms with Gasteiger partial charge >= 0.3 is 5.97 Å². The van der Waals surface area contributed by atoms with Gasteiger partial charge in [0.05, 0.1) is 35.6 Å². The zero-order valence-corrected chi connectivity index (χ0v) is 20.0. The Balaban J connectivity index is 1.94. The topological polar surface area (TPSA) is 83.0 Å². The number of allylic oxidation sites excluding steroid dienone is 1. The van der Waals surface area contributed by atoms with E-state index in [4.69, 9.17) is 13.9 Å². The summed E-state index contributed by atoms with van der Waals surface area (Å²) in [6, 6.07) is 10.3. The SMILES string of the molecule is CCOC(=O)C1=C(C)N=c2s/c(=C\c3ccc(I)o3)c(=O)n2C1c1ccc(OC)cc1. The van der Waals surface area contributed by atoms with Gasteiger partial charge in [-0.05, 0) is 66.3 Å². The number of carbonyl (C=O) groups excluding carboxylic acids is 1. The van der Waals surface area contributed by atoms with Crippen LogP contribution >= 0.6 is 33.9 Å². The Hall–Kier alpha value is -2.66. The fourth-order valence-corrected chi connectivity index (χ4v) is 4.89. The molecule has 3 aromatic rings. The van der Waals surface area contributed by atoms with Gasteiger partial charge in [-0.1, -0.05) is 23.5 Å². The normalized spacial score (nSPS) is 16.1. The lowest BCUT2D eigenvalue weighted by molar-refractivity contribution is -0.139. The standard InChI is InChI=1S/C22H19IN2O5S/c1-4-29-21(27)18-12(2)24-22-25(19(18)13-5-7-14(28-3)8-6-13)20(26)16(31-22)11-15-9-10-17(23)30-15/h5-11,19H,4H2,1-3H3/b16-11-. The smallest absolute Gasteiger partial charge is 0.338 e.